The Bertz CT molecular complexity index is 1280. The minimum absolute atomic E-state index is 0.0591. The molecule has 2 amide bonds. The molecule has 0 bridgehead atoms. The van der Waals surface area contributed by atoms with Gasteiger partial charge in [0.15, 0.2) is 0 Å². The van der Waals surface area contributed by atoms with E-state index in [0.29, 0.717) is 49.5 Å². The van der Waals surface area contributed by atoms with Crippen LogP contribution in [0.4, 0.5) is 4.79 Å². The van der Waals surface area contributed by atoms with Crippen LogP contribution >= 0.6 is 0 Å². The predicted octanol–water partition coefficient (Wildman–Crippen LogP) is 6.21. The summed E-state index contributed by atoms with van der Waals surface area (Å²) in [6.45, 7) is 8.94. The number of fused-ring (bicyclic) bond motifs is 1. The van der Waals surface area contributed by atoms with Gasteiger partial charge in [0.05, 0.1) is 26.3 Å². The number of piperidine rings is 1. The van der Waals surface area contributed by atoms with E-state index in [2.05, 4.69) is 0 Å². The zero-order valence-corrected chi connectivity index (χ0v) is 23.2. The third kappa shape index (κ3) is 6.21. The van der Waals surface area contributed by atoms with Crippen LogP contribution < -0.4 is 9.47 Å². The van der Waals surface area contributed by atoms with Crippen LogP contribution in [0.5, 0.6) is 11.5 Å². The van der Waals surface area contributed by atoms with E-state index in [-0.39, 0.29) is 18.0 Å². The van der Waals surface area contributed by atoms with Crippen molar-refractivity contribution >= 4 is 22.8 Å². The molecule has 4 rings (SSSR count). The molecule has 7 heteroatoms. The molecule has 1 heterocycles. The van der Waals surface area contributed by atoms with Gasteiger partial charge in [-0.2, -0.15) is 0 Å². The quantitative estimate of drug-likeness (QED) is 0.388. The summed E-state index contributed by atoms with van der Waals surface area (Å²) in [5, 5.41) is 2.10. The largest absolute Gasteiger partial charge is 0.496 e. The van der Waals surface area contributed by atoms with Gasteiger partial charge in [0.2, 0.25) is 0 Å². The van der Waals surface area contributed by atoms with E-state index in [9.17, 15) is 9.59 Å². The highest BCUT2D eigenvalue weighted by Gasteiger charge is 2.33. The summed E-state index contributed by atoms with van der Waals surface area (Å²) in [6, 6.07) is 17.7. The Morgan fingerprint density at radius 1 is 0.921 bits per heavy atom. The van der Waals surface area contributed by atoms with Gasteiger partial charge < -0.3 is 24.0 Å². The second kappa shape index (κ2) is 11.3. The fourth-order valence-corrected chi connectivity index (χ4v) is 4.98. The molecule has 1 aliphatic heterocycles. The maximum atomic E-state index is 14.1. The van der Waals surface area contributed by atoms with Crippen molar-refractivity contribution in [3.05, 3.63) is 71.3 Å². The van der Waals surface area contributed by atoms with E-state index in [1.807, 2.05) is 87.2 Å². The predicted molar refractivity (Wildman–Crippen MR) is 149 cm³/mol. The van der Waals surface area contributed by atoms with Crippen molar-refractivity contribution in [2.75, 3.05) is 27.3 Å². The van der Waals surface area contributed by atoms with Crippen LogP contribution in [-0.2, 0) is 11.3 Å². The van der Waals surface area contributed by atoms with Gasteiger partial charge in [-0.3, -0.25) is 4.79 Å². The van der Waals surface area contributed by atoms with Crippen molar-refractivity contribution in [3.63, 3.8) is 0 Å². The molecule has 1 aliphatic rings. The van der Waals surface area contributed by atoms with E-state index < -0.39 is 5.60 Å². The average Bonchev–Trinajstić information content (AvgIpc) is 2.90. The van der Waals surface area contributed by atoms with Crippen LogP contribution in [0.2, 0.25) is 0 Å². The smallest absolute Gasteiger partial charge is 0.410 e. The second-order valence-corrected chi connectivity index (χ2v) is 10.8. The van der Waals surface area contributed by atoms with Gasteiger partial charge in [-0.15, -0.1) is 0 Å². The Morgan fingerprint density at radius 2 is 1.53 bits per heavy atom. The molecule has 0 N–H and O–H groups in total. The Hall–Kier alpha value is -3.74. The SMILES string of the molecule is COc1cc(C)cc(OC)c1CN(C(=O)c1ccc2ccccc2c1)C1CCN(C(=O)OC(C)(C)C)CC1. The second-order valence-electron chi connectivity index (χ2n) is 10.8. The first-order chi connectivity index (χ1) is 18.1. The number of hydrogen-bond acceptors (Lipinski definition) is 5. The van der Waals surface area contributed by atoms with Gasteiger partial charge in [-0.25, -0.2) is 4.79 Å². The van der Waals surface area contributed by atoms with Gasteiger partial charge in [0, 0.05) is 24.7 Å². The molecule has 3 aromatic carbocycles. The lowest BCUT2D eigenvalue weighted by Gasteiger charge is -2.39. The molecule has 0 atom stereocenters. The zero-order valence-electron chi connectivity index (χ0n) is 23.2. The summed E-state index contributed by atoms with van der Waals surface area (Å²) in [6.07, 6.45) is 0.981. The number of likely N-dealkylation sites (tertiary alicyclic amines) is 1. The molecule has 3 aromatic rings. The average molecular weight is 519 g/mol. The lowest BCUT2D eigenvalue weighted by atomic mass is 9.99. The molecule has 7 nitrogen and oxygen atoms in total. The van der Waals surface area contributed by atoms with Crippen molar-refractivity contribution in [3.8, 4) is 11.5 Å². The van der Waals surface area contributed by atoms with Gasteiger partial charge >= 0.3 is 6.09 Å². The Kier molecular flexibility index (Phi) is 8.14. The van der Waals surface area contributed by atoms with Crippen molar-refractivity contribution < 1.29 is 23.8 Å². The molecule has 0 radical (unpaired) electrons. The minimum Gasteiger partial charge on any atom is -0.496 e. The molecule has 38 heavy (non-hydrogen) atoms. The molecule has 0 aliphatic carbocycles. The van der Waals surface area contributed by atoms with E-state index >= 15 is 0 Å². The number of hydrogen-bond donors (Lipinski definition) is 0. The van der Waals surface area contributed by atoms with Crippen molar-refractivity contribution in [2.24, 2.45) is 0 Å². The molecule has 202 valence electrons. The first-order valence-corrected chi connectivity index (χ1v) is 13.1. The maximum Gasteiger partial charge on any atom is 0.410 e. The van der Waals surface area contributed by atoms with Gasteiger partial charge in [-0.1, -0.05) is 30.3 Å². The molecule has 0 unspecified atom stereocenters. The summed E-state index contributed by atoms with van der Waals surface area (Å²) < 4.78 is 17.0. The Morgan fingerprint density at radius 3 is 2.11 bits per heavy atom. The van der Waals surface area contributed by atoms with E-state index in [4.69, 9.17) is 14.2 Å². The third-order valence-electron chi connectivity index (χ3n) is 6.89. The van der Waals surface area contributed by atoms with Crippen LogP contribution in [0.1, 0.15) is 55.1 Å². The number of aryl methyl sites for hydroxylation is 1. The number of methoxy groups -OCH3 is 2. The molecule has 0 aromatic heterocycles. The van der Waals surface area contributed by atoms with E-state index in [0.717, 1.165) is 21.9 Å². The van der Waals surface area contributed by atoms with Crippen LogP contribution in [-0.4, -0.2) is 60.8 Å². The molecule has 1 saturated heterocycles. The minimum atomic E-state index is -0.551. The highest BCUT2D eigenvalue weighted by Crippen LogP contribution is 2.34. The van der Waals surface area contributed by atoms with Crippen molar-refractivity contribution in [1.82, 2.24) is 9.80 Å². The monoisotopic (exact) mass is 518 g/mol. The highest BCUT2D eigenvalue weighted by atomic mass is 16.6. The van der Waals surface area contributed by atoms with Gasteiger partial charge in [0.1, 0.15) is 17.1 Å². The van der Waals surface area contributed by atoms with Gasteiger partial charge in [0.25, 0.3) is 5.91 Å². The standard InChI is InChI=1S/C31H38N2O5/c1-21-17-27(36-5)26(28(18-21)37-6)20-33(25-13-15-32(16-14-25)30(35)38-31(2,3)4)29(34)24-12-11-22-9-7-8-10-23(22)19-24/h7-12,17-19,25H,13-16,20H2,1-6H3. The first-order valence-electron chi connectivity index (χ1n) is 13.1. The summed E-state index contributed by atoms with van der Waals surface area (Å²) in [7, 11) is 3.26. The summed E-state index contributed by atoms with van der Waals surface area (Å²) >= 11 is 0. The topological polar surface area (TPSA) is 68.3 Å². The normalized spacial score (nSPS) is 14.3. The number of nitrogens with zero attached hydrogens (tertiary/aromatic N) is 2. The lowest BCUT2D eigenvalue weighted by molar-refractivity contribution is 0.0141. The number of amides is 2. The van der Waals surface area contributed by atoms with E-state index in [1.165, 1.54) is 0 Å². The summed E-state index contributed by atoms with van der Waals surface area (Å²) in [4.78, 5) is 30.4. The summed E-state index contributed by atoms with van der Waals surface area (Å²) in [5.41, 5.74) is 1.91. The van der Waals surface area contributed by atoms with E-state index in [1.54, 1.807) is 19.1 Å². The van der Waals surface area contributed by atoms with Gasteiger partial charge in [-0.05, 0) is 81.1 Å². The fourth-order valence-electron chi connectivity index (χ4n) is 4.98. The fraction of sp³-hybridized carbons (Fsp3) is 0.419. The Labute approximate surface area is 225 Å². The summed E-state index contributed by atoms with van der Waals surface area (Å²) in [5.74, 6) is 1.31. The lowest BCUT2D eigenvalue weighted by Crippen LogP contribution is -2.49. The number of carbonyl (C=O) groups excluding carboxylic acids is 2. The molecular weight excluding hydrogens is 480 g/mol. The molecule has 1 fully saturated rings. The maximum absolute atomic E-state index is 14.1. The van der Waals surface area contributed by atoms with Crippen LogP contribution in [0.15, 0.2) is 54.6 Å². The van der Waals surface area contributed by atoms with Crippen LogP contribution in [0.25, 0.3) is 10.8 Å². The molecule has 0 saturated carbocycles. The van der Waals surface area contributed by atoms with Crippen LogP contribution in [0, 0.1) is 6.92 Å². The van der Waals surface area contributed by atoms with Crippen LogP contribution in [0.3, 0.4) is 0 Å². The third-order valence-corrected chi connectivity index (χ3v) is 6.89. The zero-order chi connectivity index (χ0) is 27.4. The molecular formula is C31H38N2O5. The highest BCUT2D eigenvalue weighted by molar-refractivity contribution is 5.98. The Balaban J connectivity index is 1.65. The number of rotatable bonds is 6. The first kappa shape index (κ1) is 27.3. The molecule has 0 spiro atoms. The number of benzene rings is 3. The van der Waals surface area contributed by atoms with Crippen molar-refractivity contribution in [2.45, 2.75) is 58.7 Å². The van der Waals surface area contributed by atoms with Crippen molar-refractivity contribution in [1.29, 1.82) is 0 Å². The number of ether oxygens (including phenoxy) is 3. The number of carbonyl (C=O) groups is 2.